The molecule has 1 amide bonds. The van der Waals surface area contributed by atoms with Crippen molar-refractivity contribution in [3.05, 3.63) is 18.7 Å². The van der Waals surface area contributed by atoms with Crippen molar-refractivity contribution < 1.29 is 9.53 Å². The van der Waals surface area contributed by atoms with Crippen molar-refractivity contribution in [2.24, 2.45) is 5.92 Å². The third kappa shape index (κ3) is 4.04. The molecule has 6 heteroatoms. The highest BCUT2D eigenvalue weighted by atomic mass is 16.5. The molecule has 106 valence electrons. The van der Waals surface area contributed by atoms with Crippen molar-refractivity contribution in [3.63, 3.8) is 0 Å². The van der Waals surface area contributed by atoms with Crippen LogP contribution >= 0.6 is 0 Å². The number of imidazole rings is 1. The summed E-state index contributed by atoms with van der Waals surface area (Å²) in [4.78, 5) is 16.1. The van der Waals surface area contributed by atoms with E-state index in [0.717, 1.165) is 19.5 Å². The topological polar surface area (TPSA) is 68.2 Å². The smallest absolute Gasteiger partial charge is 0.227 e. The normalized spacial score (nSPS) is 22.6. The fraction of sp³-hybridized carbons (Fsp3) is 0.692. The second-order valence-corrected chi connectivity index (χ2v) is 4.80. The number of ether oxygens (including phenoxy) is 1. The molecule has 0 aliphatic carbocycles. The number of rotatable bonds is 7. The lowest BCUT2D eigenvalue weighted by molar-refractivity contribution is -0.125. The molecule has 1 aromatic heterocycles. The van der Waals surface area contributed by atoms with Crippen molar-refractivity contribution >= 4 is 5.91 Å². The van der Waals surface area contributed by atoms with E-state index >= 15 is 0 Å². The highest BCUT2D eigenvalue weighted by Gasteiger charge is 2.33. The maximum atomic E-state index is 12.1. The van der Waals surface area contributed by atoms with Gasteiger partial charge in [0.05, 0.1) is 25.5 Å². The van der Waals surface area contributed by atoms with Crippen LogP contribution in [0.25, 0.3) is 0 Å². The van der Waals surface area contributed by atoms with Gasteiger partial charge in [0.1, 0.15) is 0 Å². The average Bonchev–Trinajstić information content (AvgIpc) is 3.07. The summed E-state index contributed by atoms with van der Waals surface area (Å²) in [5.41, 5.74) is 0. The molecule has 0 bridgehead atoms. The molecule has 1 aliphatic rings. The SMILES string of the molecule is CCCNC1COCC1C(=O)NCCn1ccnc1. The Morgan fingerprint density at radius 1 is 1.47 bits per heavy atom. The van der Waals surface area contributed by atoms with Gasteiger partial charge in [-0.05, 0) is 13.0 Å². The number of carbonyl (C=O) groups excluding carboxylic acids is 1. The van der Waals surface area contributed by atoms with Gasteiger partial charge >= 0.3 is 0 Å². The Kier molecular flexibility index (Phi) is 5.35. The first-order chi connectivity index (χ1) is 9.31. The summed E-state index contributed by atoms with van der Waals surface area (Å²) in [7, 11) is 0. The Hall–Kier alpha value is -1.40. The van der Waals surface area contributed by atoms with Gasteiger partial charge in [-0.3, -0.25) is 4.79 Å². The average molecular weight is 266 g/mol. The van der Waals surface area contributed by atoms with E-state index in [0.29, 0.717) is 19.8 Å². The van der Waals surface area contributed by atoms with Crippen LogP contribution in [0.3, 0.4) is 0 Å². The summed E-state index contributed by atoms with van der Waals surface area (Å²) in [5, 5.41) is 6.33. The van der Waals surface area contributed by atoms with Gasteiger partial charge in [0.25, 0.3) is 0 Å². The minimum absolute atomic E-state index is 0.0747. The number of amides is 1. The summed E-state index contributed by atoms with van der Waals surface area (Å²) in [6, 6.07) is 0.146. The number of hydrogen-bond donors (Lipinski definition) is 2. The van der Waals surface area contributed by atoms with E-state index in [1.54, 1.807) is 12.5 Å². The van der Waals surface area contributed by atoms with Gasteiger partial charge in [0.15, 0.2) is 0 Å². The van der Waals surface area contributed by atoms with Crippen LogP contribution in [0.4, 0.5) is 0 Å². The van der Waals surface area contributed by atoms with Crippen molar-refractivity contribution in [2.75, 3.05) is 26.3 Å². The maximum absolute atomic E-state index is 12.1. The van der Waals surface area contributed by atoms with E-state index in [-0.39, 0.29) is 17.9 Å². The third-order valence-corrected chi connectivity index (χ3v) is 3.30. The lowest BCUT2D eigenvalue weighted by Gasteiger charge is -2.18. The molecule has 0 spiro atoms. The summed E-state index contributed by atoms with van der Waals surface area (Å²) >= 11 is 0. The standard InChI is InChI=1S/C13H22N4O2/c1-2-3-15-12-9-19-8-11(12)13(18)16-5-7-17-6-4-14-10-17/h4,6,10-12,15H,2-3,5,7-9H2,1H3,(H,16,18). The van der Waals surface area contributed by atoms with E-state index in [1.165, 1.54) is 0 Å². The Labute approximate surface area is 113 Å². The molecular weight excluding hydrogens is 244 g/mol. The van der Waals surface area contributed by atoms with E-state index in [4.69, 9.17) is 4.74 Å². The van der Waals surface area contributed by atoms with Gasteiger partial charge < -0.3 is 19.9 Å². The van der Waals surface area contributed by atoms with Gasteiger partial charge in [0.2, 0.25) is 5.91 Å². The minimum atomic E-state index is -0.0747. The second kappa shape index (κ2) is 7.25. The van der Waals surface area contributed by atoms with Crippen LogP contribution in [0.5, 0.6) is 0 Å². The van der Waals surface area contributed by atoms with Crippen LogP contribution in [-0.4, -0.2) is 47.8 Å². The van der Waals surface area contributed by atoms with E-state index in [2.05, 4.69) is 22.5 Å². The first-order valence-corrected chi connectivity index (χ1v) is 6.86. The summed E-state index contributed by atoms with van der Waals surface area (Å²) in [6.45, 7) is 5.53. The fourth-order valence-corrected chi connectivity index (χ4v) is 2.20. The zero-order chi connectivity index (χ0) is 13.5. The summed E-state index contributed by atoms with van der Waals surface area (Å²) < 4.78 is 7.34. The summed E-state index contributed by atoms with van der Waals surface area (Å²) in [6.07, 6.45) is 6.43. The molecule has 0 saturated carbocycles. The highest BCUT2D eigenvalue weighted by Crippen LogP contribution is 2.13. The molecule has 1 aromatic rings. The Balaban J connectivity index is 1.72. The number of nitrogens with one attached hydrogen (secondary N) is 2. The molecule has 2 heterocycles. The molecule has 1 aliphatic heterocycles. The van der Waals surface area contributed by atoms with Crippen LogP contribution < -0.4 is 10.6 Å². The van der Waals surface area contributed by atoms with Gasteiger partial charge in [-0.1, -0.05) is 6.92 Å². The molecule has 1 saturated heterocycles. The Bertz CT molecular complexity index is 380. The number of carbonyl (C=O) groups is 1. The van der Waals surface area contributed by atoms with Crippen LogP contribution in [0, 0.1) is 5.92 Å². The number of aromatic nitrogens is 2. The summed E-state index contributed by atoms with van der Waals surface area (Å²) in [5.74, 6) is 0.000514. The Morgan fingerprint density at radius 3 is 3.11 bits per heavy atom. The van der Waals surface area contributed by atoms with Crippen molar-refractivity contribution in [3.8, 4) is 0 Å². The highest BCUT2D eigenvalue weighted by molar-refractivity contribution is 5.79. The number of hydrogen-bond acceptors (Lipinski definition) is 4. The lowest BCUT2D eigenvalue weighted by atomic mass is 10.0. The second-order valence-electron chi connectivity index (χ2n) is 4.80. The minimum Gasteiger partial charge on any atom is -0.379 e. The molecule has 2 rings (SSSR count). The predicted octanol–water partition coefficient (Wildman–Crippen LogP) is 0.0139. The molecule has 0 aromatic carbocycles. The Morgan fingerprint density at radius 2 is 2.37 bits per heavy atom. The van der Waals surface area contributed by atoms with Crippen LogP contribution in [0.1, 0.15) is 13.3 Å². The van der Waals surface area contributed by atoms with Gasteiger partial charge in [-0.2, -0.15) is 0 Å². The quantitative estimate of drug-likeness (QED) is 0.730. The predicted molar refractivity (Wildman–Crippen MR) is 71.6 cm³/mol. The zero-order valence-electron chi connectivity index (χ0n) is 11.3. The molecule has 1 fully saturated rings. The molecule has 2 N–H and O–H groups in total. The van der Waals surface area contributed by atoms with Crippen LogP contribution in [-0.2, 0) is 16.1 Å². The molecule has 2 atom stereocenters. The van der Waals surface area contributed by atoms with E-state index in [1.807, 2.05) is 10.8 Å². The molecule has 19 heavy (non-hydrogen) atoms. The van der Waals surface area contributed by atoms with Crippen molar-refractivity contribution in [1.29, 1.82) is 0 Å². The first-order valence-electron chi connectivity index (χ1n) is 6.86. The zero-order valence-corrected chi connectivity index (χ0v) is 11.3. The van der Waals surface area contributed by atoms with Crippen LogP contribution in [0.2, 0.25) is 0 Å². The lowest BCUT2D eigenvalue weighted by Crippen LogP contribution is -2.44. The number of nitrogens with zero attached hydrogens (tertiary/aromatic N) is 2. The third-order valence-electron chi connectivity index (χ3n) is 3.30. The fourth-order valence-electron chi connectivity index (χ4n) is 2.20. The molecule has 0 radical (unpaired) electrons. The molecular formula is C13H22N4O2. The molecule has 2 unspecified atom stereocenters. The monoisotopic (exact) mass is 266 g/mol. The van der Waals surface area contributed by atoms with Crippen molar-refractivity contribution in [2.45, 2.75) is 25.9 Å². The van der Waals surface area contributed by atoms with E-state index in [9.17, 15) is 4.79 Å². The van der Waals surface area contributed by atoms with Crippen molar-refractivity contribution in [1.82, 2.24) is 20.2 Å². The first kappa shape index (κ1) is 14.0. The largest absolute Gasteiger partial charge is 0.379 e. The van der Waals surface area contributed by atoms with Crippen LogP contribution in [0.15, 0.2) is 18.7 Å². The van der Waals surface area contributed by atoms with Gasteiger partial charge in [0, 0.05) is 31.5 Å². The molecule has 6 nitrogen and oxygen atoms in total. The van der Waals surface area contributed by atoms with Gasteiger partial charge in [-0.25, -0.2) is 4.98 Å². The maximum Gasteiger partial charge on any atom is 0.227 e. The van der Waals surface area contributed by atoms with Gasteiger partial charge in [-0.15, -0.1) is 0 Å². The van der Waals surface area contributed by atoms with E-state index < -0.39 is 0 Å².